The number of rotatable bonds is 5. The molecule has 1 saturated heterocycles. The van der Waals surface area contributed by atoms with Crippen molar-refractivity contribution in [2.45, 2.75) is 32.7 Å². The number of carbonyl (C=O) groups excluding carboxylic acids is 2. The molecule has 0 unspecified atom stereocenters. The standard InChI is InChI=1S/C24H24Cl2N6O4S/c1-14-22(33)31(37(35,36)30-14)13-15-7-5-8-16(11-15)32-20(12-19(29-32)24(2,3)4)28-23(34)27-18-10-6-9-17(25)21(18)26/h5-12,30H,1,13H2,2-4H3,(H2,27,28,34). The summed E-state index contributed by atoms with van der Waals surface area (Å²) in [5, 5.41) is 10.6. The second-order valence-corrected chi connectivity index (χ2v) is 11.7. The number of benzene rings is 2. The van der Waals surface area contributed by atoms with Crippen LogP contribution in [0.25, 0.3) is 5.69 Å². The number of carbonyl (C=O) groups is 2. The van der Waals surface area contributed by atoms with Crippen molar-refractivity contribution in [2.75, 3.05) is 10.6 Å². The molecule has 0 spiro atoms. The number of hydrogen-bond acceptors (Lipinski definition) is 5. The predicted octanol–water partition coefficient (Wildman–Crippen LogP) is 4.81. The third-order valence-corrected chi connectivity index (χ3v) is 7.63. The maximum atomic E-state index is 12.8. The summed E-state index contributed by atoms with van der Waals surface area (Å²) in [5.74, 6) is -0.365. The summed E-state index contributed by atoms with van der Waals surface area (Å²) < 4.78 is 28.9. The minimum Gasteiger partial charge on any atom is -0.306 e. The van der Waals surface area contributed by atoms with Crippen molar-refractivity contribution < 1.29 is 18.0 Å². The van der Waals surface area contributed by atoms with Gasteiger partial charge < -0.3 is 5.32 Å². The molecule has 1 aliphatic heterocycles. The zero-order chi connectivity index (χ0) is 27.1. The molecule has 0 bridgehead atoms. The molecular formula is C24H24Cl2N6O4S. The van der Waals surface area contributed by atoms with Crippen LogP contribution in [-0.4, -0.2) is 34.4 Å². The van der Waals surface area contributed by atoms with Gasteiger partial charge in [0.15, 0.2) is 0 Å². The highest BCUT2D eigenvalue weighted by atomic mass is 35.5. The number of anilines is 2. The molecule has 1 fully saturated rings. The summed E-state index contributed by atoms with van der Waals surface area (Å²) >= 11 is 12.2. The third kappa shape index (κ3) is 5.58. The van der Waals surface area contributed by atoms with E-state index in [9.17, 15) is 18.0 Å². The summed E-state index contributed by atoms with van der Waals surface area (Å²) in [7, 11) is -4.01. The van der Waals surface area contributed by atoms with Crippen molar-refractivity contribution in [1.29, 1.82) is 0 Å². The number of amides is 3. The van der Waals surface area contributed by atoms with Gasteiger partial charge in [0.05, 0.1) is 33.7 Å². The molecule has 0 radical (unpaired) electrons. The molecular weight excluding hydrogens is 539 g/mol. The molecule has 13 heteroatoms. The monoisotopic (exact) mass is 562 g/mol. The van der Waals surface area contributed by atoms with Gasteiger partial charge in [0.25, 0.3) is 5.91 Å². The lowest BCUT2D eigenvalue weighted by Crippen LogP contribution is -2.31. The van der Waals surface area contributed by atoms with Crippen molar-refractivity contribution >= 4 is 56.9 Å². The SMILES string of the molecule is C=C1NS(=O)(=O)N(Cc2cccc(-n3nc(C(C)(C)C)cc3NC(=O)Nc3cccc(Cl)c3Cl)c2)C1=O. The van der Waals surface area contributed by atoms with Crippen molar-refractivity contribution in [2.24, 2.45) is 0 Å². The molecule has 2 aromatic carbocycles. The Morgan fingerprint density at radius 2 is 1.81 bits per heavy atom. The first-order valence-electron chi connectivity index (χ1n) is 11.0. The maximum Gasteiger partial charge on any atom is 0.326 e. The molecule has 2 heterocycles. The Hall–Kier alpha value is -3.54. The van der Waals surface area contributed by atoms with E-state index in [0.717, 1.165) is 0 Å². The predicted molar refractivity (Wildman–Crippen MR) is 143 cm³/mol. The lowest BCUT2D eigenvalue weighted by Gasteiger charge is -2.15. The van der Waals surface area contributed by atoms with E-state index in [1.165, 1.54) is 4.68 Å². The van der Waals surface area contributed by atoms with Crippen LogP contribution in [0.15, 0.2) is 60.8 Å². The van der Waals surface area contributed by atoms with E-state index in [2.05, 4.69) is 27.0 Å². The normalized spacial score (nSPS) is 15.0. The van der Waals surface area contributed by atoms with Gasteiger partial charge in [0.2, 0.25) is 0 Å². The molecule has 10 nitrogen and oxygen atoms in total. The molecule has 0 saturated carbocycles. The fourth-order valence-electron chi connectivity index (χ4n) is 3.53. The Balaban J connectivity index is 1.65. The molecule has 3 aromatic rings. The van der Waals surface area contributed by atoms with Gasteiger partial charge in [-0.05, 0) is 29.8 Å². The quantitative estimate of drug-likeness (QED) is 0.384. The minimum atomic E-state index is -4.01. The van der Waals surface area contributed by atoms with Crippen molar-refractivity contribution in [3.05, 3.63) is 82.1 Å². The Morgan fingerprint density at radius 3 is 2.46 bits per heavy atom. The zero-order valence-corrected chi connectivity index (χ0v) is 22.5. The highest BCUT2D eigenvalue weighted by Gasteiger charge is 2.37. The highest BCUT2D eigenvalue weighted by Crippen LogP contribution is 2.30. The zero-order valence-electron chi connectivity index (χ0n) is 20.2. The van der Waals surface area contributed by atoms with Gasteiger partial charge in [-0.25, -0.2) is 13.8 Å². The Kier molecular flexibility index (Phi) is 6.97. The lowest BCUT2D eigenvalue weighted by molar-refractivity contribution is -0.122. The van der Waals surface area contributed by atoms with E-state index < -0.39 is 22.1 Å². The van der Waals surface area contributed by atoms with Crippen LogP contribution < -0.4 is 15.4 Å². The molecule has 0 atom stereocenters. The van der Waals surface area contributed by atoms with E-state index in [0.29, 0.717) is 37.8 Å². The summed E-state index contributed by atoms with van der Waals surface area (Å²) in [6, 6.07) is 12.9. The molecule has 4 rings (SSSR count). The molecule has 1 aliphatic rings. The van der Waals surface area contributed by atoms with Crippen LogP contribution in [0.5, 0.6) is 0 Å². The molecule has 3 N–H and O–H groups in total. The van der Waals surface area contributed by atoms with Gasteiger partial charge >= 0.3 is 16.2 Å². The van der Waals surface area contributed by atoms with Gasteiger partial charge in [-0.2, -0.15) is 13.5 Å². The number of aromatic nitrogens is 2. The fourth-order valence-corrected chi connectivity index (χ4v) is 5.03. The topological polar surface area (TPSA) is 125 Å². The molecule has 1 aromatic heterocycles. The third-order valence-electron chi connectivity index (χ3n) is 5.43. The van der Waals surface area contributed by atoms with Crippen LogP contribution in [-0.2, 0) is 27.0 Å². The van der Waals surface area contributed by atoms with Gasteiger partial charge in [-0.15, -0.1) is 0 Å². The first kappa shape index (κ1) is 26.5. The van der Waals surface area contributed by atoms with E-state index in [-0.39, 0.29) is 22.7 Å². The van der Waals surface area contributed by atoms with Crippen LogP contribution in [0.2, 0.25) is 10.0 Å². The van der Waals surface area contributed by atoms with Crippen LogP contribution in [0.4, 0.5) is 16.3 Å². The number of urea groups is 1. The summed E-state index contributed by atoms with van der Waals surface area (Å²) in [6.07, 6.45) is 0. The average molecular weight is 563 g/mol. The molecule has 3 amide bonds. The smallest absolute Gasteiger partial charge is 0.306 e. The van der Waals surface area contributed by atoms with Gasteiger partial charge in [0.1, 0.15) is 11.5 Å². The van der Waals surface area contributed by atoms with E-state index >= 15 is 0 Å². The average Bonchev–Trinajstić information content (AvgIpc) is 3.31. The second-order valence-electron chi connectivity index (χ2n) is 9.32. The Bertz CT molecular complexity index is 1530. The molecule has 0 aliphatic carbocycles. The van der Waals surface area contributed by atoms with Crippen LogP contribution in [0.1, 0.15) is 32.0 Å². The summed E-state index contributed by atoms with van der Waals surface area (Å²) in [4.78, 5) is 25.1. The number of halogens is 2. The largest absolute Gasteiger partial charge is 0.326 e. The fraction of sp³-hybridized carbons (Fsp3) is 0.208. The van der Waals surface area contributed by atoms with Crippen molar-refractivity contribution in [1.82, 2.24) is 18.8 Å². The van der Waals surface area contributed by atoms with E-state index in [4.69, 9.17) is 23.2 Å². The number of nitrogens with one attached hydrogen (secondary N) is 3. The Morgan fingerprint density at radius 1 is 1.11 bits per heavy atom. The van der Waals surface area contributed by atoms with E-state index in [1.807, 2.05) is 20.8 Å². The van der Waals surface area contributed by atoms with Crippen molar-refractivity contribution in [3.8, 4) is 5.69 Å². The van der Waals surface area contributed by atoms with Crippen LogP contribution in [0.3, 0.4) is 0 Å². The number of nitrogens with zero attached hydrogens (tertiary/aromatic N) is 3. The first-order valence-corrected chi connectivity index (χ1v) is 13.2. The van der Waals surface area contributed by atoms with Gasteiger partial charge in [-0.1, -0.05) is 68.8 Å². The Labute approximate surface area is 224 Å². The van der Waals surface area contributed by atoms with Gasteiger partial charge in [0, 0.05) is 11.5 Å². The highest BCUT2D eigenvalue weighted by molar-refractivity contribution is 7.88. The molecule has 194 valence electrons. The second kappa shape index (κ2) is 9.73. The summed E-state index contributed by atoms with van der Waals surface area (Å²) in [5.41, 5.74) is 1.55. The lowest BCUT2D eigenvalue weighted by atomic mass is 9.92. The van der Waals surface area contributed by atoms with Crippen LogP contribution >= 0.6 is 23.2 Å². The number of hydrogen-bond donors (Lipinski definition) is 3. The maximum absolute atomic E-state index is 12.8. The first-order chi connectivity index (χ1) is 17.3. The minimum absolute atomic E-state index is 0.203. The van der Waals surface area contributed by atoms with E-state index in [1.54, 1.807) is 48.5 Å². The summed E-state index contributed by atoms with van der Waals surface area (Å²) in [6.45, 7) is 9.18. The van der Waals surface area contributed by atoms with Crippen LogP contribution in [0, 0.1) is 0 Å². The van der Waals surface area contributed by atoms with Gasteiger partial charge in [-0.3, -0.25) is 14.8 Å². The van der Waals surface area contributed by atoms with Crippen molar-refractivity contribution in [3.63, 3.8) is 0 Å². The molecule has 37 heavy (non-hydrogen) atoms.